The molecule has 0 N–H and O–H groups in total. The van der Waals surface area contributed by atoms with Crippen molar-refractivity contribution in [2.75, 3.05) is 13.6 Å². The van der Waals surface area contributed by atoms with Crippen LogP contribution >= 0.6 is 0 Å². The predicted molar refractivity (Wildman–Crippen MR) is 42.7 cm³/mol. The number of hydrogen-bond donors (Lipinski definition) is 0. The van der Waals surface area contributed by atoms with Gasteiger partial charge in [-0.25, -0.2) is 0 Å². The van der Waals surface area contributed by atoms with Crippen molar-refractivity contribution in [3.05, 3.63) is 0 Å². The lowest BCUT2D eigenvalue weighted by Gasteiger charge is -2.19. The summed E-state index contributed by atoms with van der Waals surface area (Å²) in [4.78, 5) is 2.38. The third-order valence-corrected chi connectivity index (χ3v) is 1.75. The highest BCUT2D eigenvalue weighted by atomic mass is 15.1. The maximum atomic E-state index is 2.38. The highest BCUT2D eigenvalue weighted by Gasteiger charge is 1.99. The molecule has 0 aliphatic rings. The Morgan fingerprint density at radius 1 is 1.33 bits per heavy atom. The summed E-state index contributed by atoms with van der Waals surface area (Å²) < 4.78 is 0. The lowest BCUT2D eigenvalue weighted by Crippen LogP contribution is -2.26. The van der Waals surface area contributed by atoms with Crippen molar-refractivity contribution < 1.29 is 0 Å². The Balaban J connectivity index is 3.16. The zero-order valence-electron chi connectivity index (χ0n) is 7.15. The van der Waals surface area contributed by atoms with Gasteiger partial charge in [0.2, 0.25) is 0 Å². The molecule has 0 saturated heterocycles. The number of rotatable bonds is 4. The van der Waals surface area contributed by atoms with E-state index in [1.54, 1.807) is 0 Å². The zero-order chi connectivity index (χ0) is 7.28. The normalized spacial score (nSPS) is 11.3. The standard InChI is InChI=1S/C8H19N/c1-5-6-7-9(4)8(2)3/h8H,5-7H2,1-4H3. The van der Waals surface area contributed by atoms with Gasteiger partial charge >= 0.3 is 0 Å². The van der Waals surface area contributed by atoms with Gasteiger partial charge in [-0.15, -0.1) is 0 Å². The van der Waals surface area contributed by atoms with E-state index in [-0.39, 0.29) is 0 Å². The molecule has 0 radical (unpaired) electrons. The van der Waals surface area contributed by atoms with Crippen molar-refractivity contribution in [1.82, 2.24) is 4.90 Å². The summed E-state index contributed by atoms with van der Waals surface area (Å²) in [6, 6.07) is 0.705. The summed E-state index contributed by atoms with van der Waals surface area (Å²) in [6.07, 6.45) is 2.63. The molecule has 56 valence electrons. The third-order valence-electron chi connectivity index (χ3n) is 1.75. The maximum absolute atomic E-state index is 2.38. The molecule has 0 aromatic carbocycles. The average Bonchev–Trinajstić information content (AvgIpc) is 1.82. The Kier molecular flexibility index (Phi) is 4.78. The van der Waals surface area contributed by atoms with Gasteiger partial charge in [0, 0.05) is 6.04 Å². The van der Waals surface area contributed by atoms with Crippen molar-refractivity contribution in [2.24, 2.45) is 0 Å². The summed E-state index contributed by atoms with van der Waals surface area (Å²) in [5.74, 6) is 0. The van der Waals surface area contributed by atoms with Gasteiger partial charge in [0.1, 0.15) is 0 Å². The van der Waals surface area contributed by atoms with E-state index in [1.165, 1.54) is 19.4 Å². The summed E-state index contributed by atoms with van der Waals surface area (Å²) in [6.45, 7) is 7.94. The number of unbranched alkanes of at least 4 members (excludes halogenated alkanes) is 1. The first-order valence-electron chi connectivity index (χ1n) is 3.88. The first-order valence-corrected chi connectivity index (χ1v) is 3.88. The lowest BCUT2D eigenvalue weighted by molar-refractivity contribution is 0.270. The fourth-order valence-corrected chi connectivity index (χ4v) is 0.666. The van der Waals surface area contributed by atoms with Crippen LogP contribution in [0.25, 0.3) is 0 Å². The van der Waals surface area contributed by atoms with Gasteiger partial charge in [0.25, 0.3) is 0 Å². The minimum absolute atomic E-state index is 0.705. The van der Waals surface area contributed by atoms with Crippen molar-refractivity contribution >= 4 is 0 Å². The van der Waals surface area contributed by atoms with Crippen LogP contribution in [-0.2, 0) is 0 Å². The highest BCUT2D eigenvalue weighted by molar-refractivity contribution is 4.55. The Hall–Kier alpha value is -0.0400. The first kappa shape index (κ1) is 8.96. The molecular weight excluding hydrogens is 110 g/mol. The smallest absolute Gasteiger partial charge is 0.00355 e. The van der Waals surface area contributed by atoms with Gasteiger partial charge in [-0.2, -0.15) is 0 Å². The molecule has 0 amide bonds. The molecular formula is C8H19N. The van der Waals surface area contributed by atoms with Gasteiger partial charge in [-0.3, -0.25) is 0 Å². The van der Waals surface area contributed by atoms with Crippen LogP contribution in [-0.4, -0.2) is 24.5 Å². The average molecular weight is 129 g/mol. The molecule has 0 aliphatic carbocycles. The van der Waals surface area contributed by atoms with Gasteiger partial charge in [-0.1, -0.05) is 13.3 Å². The SMILES string of the molecule is CCCCN(C)C(C)C. The molecule has 0 spiro atoms. The predicted octanol–water partition coefficient (Wildman–Crippen LogP) is 2.13. The summed E-state index contributed by atoms with van der Waals surface area (Å²) in [7, 11) is 2.18. The molecule has 1 heteroatoms. The molecule has 0 rings (SSSR count). The second-order valence-electron chi connectivity index (χ2n) is 2.93. The number of nitrogens with zero attached hydrogens (tertiary/aromatic N) is 1. The third kappa shape index (κ3) is 4.46. The van der Waals surface area contributed by atoms with Gasteiger partial charge in [0.05, 0.1) is 0 Å². The molecule has 9 heavy (non-hydrogen) atoms. The summed E-state index contributed by atoms with van der Waals surface area (Å²) in [5, 5.41) is 0. The van der Waals surface area contributed by atoms with E-state index in [4.69, 9.17) is 0 Å². The molecule has 0 aromatic rings. The Labute approximate surface area is 59.1 Å². The van der Waals surface area contributed by atoms with Crippen molar-refractivity contribution in [1.29, 1.82) is 0 Å². The quantitative estimate of drug-likeness (QED) is 0.562. The second kappa shape index (κ2) is 4.80. The van der Waals surface area contributed by atoms with Crippen molar-refractivity contribution in [3.63, 3.8) is 0 Å². The minimum Gasteiger partial charge on any atom is -0.304 e. The van der Waals surface area contributed by atoms with E-state index in [0.717, 1.165) is 0 Å². The molecule has 0 fully saturated rings. The van der Waals surface area contributed by atoms with Gasteiger partial charge < -0.3 is 4.90 Å². The van der Waals surface area contributed by atoms with E-state index in [9.17, 15) is 0 Å². The second-order valence-corrected chi connectivity index (χ2v) is 2.93. The largest absolute Gasteiger partial charge is 0.304 e. The molecule has 1 nitrogen and oxygen atoms in total. The van der Waals surface area contributed by atoms with Crippen molar-refractivity contribution in [2.45, 2.75) is 39.7 Å². The summed E-state index contributed by atoms with van der Waals surface area (Å²) in [5.41, 5.74) is 0. The minimum atomic E-state index is 0.705. The Morgan fingerprint density at radius 3 is 2.22 bits per heavy atom. The molecule has 0 saturated carbocycles. The topological polar surface area (TPSA) is 3.24 Å². The van der Waals surface area contributed by atoms with E-state index in [1.807, 2.05) is 0 Å². The fraction of sp³-hybridized carbons (Fsp3) is 1.00. The van der Waals surface area contributed by atoms with Crippen LogP contribution in [0.2, 0.25) is 0 Å². The highest BCUT2D eigenvalue weighted by Crippen LogP contribution is 1.96. The molecule has 0 aromatic heterocycles. The molecule has 0 aliphatic heterocycles. The van der Waals surface area contributed by atoms with E-state index >= 15 is 0 Å². The molecule has 0 atom stereocenters. The first-order chi connectivity index (χ1) is 4.18. The van der Waals surface area contributed by atoms with Crippen LogP contribution in [0, 0.1) is 0 Å². The molecule has 0 bridgehead atoms. The van der Waals surface area contributed by atoms with Crippen LogP contribution < -0.4 is 0 Å². The van der Waals surface area contributed by atoms with E-state index in [0.29, 0.717) is 6.04 Å². The number of hydrogen-bond acceptors (Lipinski definition) is 1. The van der Waals surface area contributed by atoms with Crippen LogP contribution in [0.3, 0.4) is 0 Å². The van der Waals surface area contributed by atoms with Crippen LogP contribution in [0.15, 0.2) is 0 Å². The van der Waals surface area contributed by atoms with E-state index < -0.39 is 0 Å². The van der Waals surface area contributed by atoms with Gasteiger partial charge in [-0.05, 0) is 33.9 Å². The molecule has 0 heterocycles. The van der Waals surface area contributed by atoms with Crippen molar-refractivity contribution in [3.8, 4) is 0 Å². The van der Waals surface area contributed by atoms with Crippen LogP contribution in [0.5, 0.6) is 0 Å². The lowest BCUT2D eigenvalue weighted by atomic mass is 10.3. The van der Waals surface area contributed by atoms with Crippen LogP contribution in [0.4, 0.5) is 0 Å². The van der Waals surface area contributed by atoms with Gasteiger partial charge in [0.15, 0.2) is 0 Å². The Morgan fingerprint density at radius 2 is 1.89 bits per heavy atom. The summed E-state index contributed by atoms with van der Waals surface area (Å²) >= 11 is 0. The monoisotopic (exact) mass is 129 g/mol. The maximum Gasteiger partial charge on any atom is 0.00355 e. The fourth-order valence-electron chi connectivity index (χ4n) is 0.666. The van der Waals surface area contributed by atoms with E-state index in [2.05, 4.69) is 32.7 Å². The zero-order valence-corrected chi connectivity index (χ0v) is 7.15. The Bertz CT molecular complexity index is 59.6. The molecule has 0 unspecified atom stereocenters. The van der Waals surface area contributed by atoms with Crippen LogP contribution in [0.1, 0.15) is 33.6 Å².